The van der Waals surface area contributed by atoms with E-state index in [-0.39, 0.29) is 0 Å². The number of hydrogen-bond donors (Lipinski definition) is 1. The average molecular weight is 273 g/mol. The second-order valence-electron chi connectivity index (χ2n) is 6.87. The van der Waals surface area contributed by atoms with Gasteiger partial charge in [-0.2, -0.15) is 0 Å². The van der Waals surface area contributed by atoms with Crippen molar-refractivity contribution in [1.29, 1.82) is 0 Å². The average Bonchev–Trinajstić information content (AvgIpc) is 2.47. The topological polar surface area (TPSA) is 23.5 Å². The van der Waals surface area contributed by atoms with Gasteiger partial charge < -0.3 is 5.11 Å². The third-order valence-corrected chi connectivity index (χ3v) is 5.21. The molecule has 1 atom stereocenters. The lowest BCUT2D eigenvalue weighted by Crippen LogP contribution is -2.49. The van der Waals surface area contributed by atoms with Crippen LogP contribution >= 0.6 is 0 Å². The van der Waals surface area contributed by atoms with E-state index < -0.39 is 5.72 Å². The van der Waals surface area contributed by atoms with Gasteiger partial charge in [0.15, 0.2) is 0 Å². The van der Waals surface area contributed by atoms with E-state index in [2.05, 4.69) is 29.2 Å². The molecule has 0 saturated heterocycles. The van der Waals surface area contributed by atoms with Gasteiger partial charge in [-0.3, -0.25) is 4.90 Å². The van der Waals surface area contributed by atoms with Gasteiger partial charge in [-0.05, 0) is 36.8 Å². The second kappa shape index (κ2) is 5.87. The summed E-state index contributed by atoms with van der Waals surface area (Å²) < 4.78 is 0. The number of hydrogen-bond acceptors (Lipinski definition) is 2. The number of nitrogens with zero attached hydrogens (tertiary/aromatic N) is 1. The van der Waals surface area contributed by atoms with Crippen molar-refractivity contribution in [3.05, 3.63) is 35.4 Å². The van der Waals surface area contributed by atoms with Gasteiger partial charge in [0, 0.05) is 13.1 Å². The summed E-state index contributed by atoms with van der Waals surface area (Å²) in [5.74, 6) is 0.718. The van der Waals surface area contributed by atoms with Gasteiger partial charge in [0.05, 0.1) is 0 Å². The molecule has 1 saturated carbocycles. The summed E-state index contributed by atoms with van der Waals surface area (Å²) in [6, 6.07) is 8.66. The van der Waals surface area contributed by atoms with Crippen LogP contribution in [0.2, 0.25) is 0 Å². The van der Waals surface area contributed by atoms with E-state index in [4.69, 9.17) is 0 Å². The highest BCUT2D eigenvalue weighted by molar-refractivity contribution is 5.29. The largest absolute Gasteiger partial charge is 0.376 e. The molecule has 0 aromatic heterocycles. The van der Waals surface area contributed by atoms with E-state index in [9.17, 15) is 5.11 Å². The lowest BCUT2D eigenvalue weighted by atomic mass is 9.83. The molecule has 1 N–H and O–H groups in total. The summed E-state index contributed by atoms with van der Waals surface area (Å²) in [5.41, 5.74) is 2.20. The Hall–Kier alpha value is -0.860. The molecule has 0 unspecified atom stereocenters. The number of aliphatic hydroxyl groups is 1. The summed E-state index contributed by atoms with van der Waals surface area (Å²) >= 11 is 0. The van der Waals surface area contributed by atoms with Crippen LogP contribution in [0.4, 0.5) is 0 Å². The fourth-order valence-corrected chi connectivity index (χ4v) is 3.97. The van der Waals surface area contributed by atoms with Gasteiger partial charge in [0.25, 0.3) is 0 Å². The minimum Gasteiger partial charge on any atom is -0.376 e. The molecule has 1 aromatic rings. The van der Waals surface area contributed by atoms with Gasteiger partial charge >= 0.3 is 0 Å². The van der Waals surface area contributed by atoms with Crippen molar-refractivity contribution in [3.63, 3.8) is 0 Å². The SMILES string of the molecule is C[C@](O)(CC1CCCCC1)N1CCc2ccccc2C1. The first-order chi connectivity index (χ1) is 9.65. The Bertz CT molecular complexity index is 448. The first kappa shape index (κ1) is 14.1. The maximum atomic E-state index is 10.9. The van der Waals surface area contributed by atoms with Crippen LogP contribution in [0.15, 0.2) is 24.3 Å². The molecule has 1 aliphatic heterocycles. The molecule has 0 spiro atoms. The van der Waals surface area contributed by atoms with Crippen molar-refractivity contribution in [3.8, 4) is 0 Å². The Morgan fingerprint density at radius 2 is 1.85 bits per heavy atom. The highest BCUT2D eigenvalue weighted by Gasteiger charge is 2.34. The van der Waals surface area contributed by atoms with E-state index in [1.807, 2.05) is 6.92 Å². The number of fused-ring (bicyclic) bond motifs is 1. The maximum absolute atomic E-state index is 10.9. The highest BCUT2D eigenvalue weighted by Crippen LogP contribution is 2.34. The van der Waals surface area contributed by atoms with E-state index in [1.165, 1.54) is 43.2 Å². The van der Waals surface area contributed by atoms with E-state index in [0.717, 1.165) is 31.8 Å². The minimum absolute atomic E-state index is 0.643. The lowest BCUT2D eigenvalue weighted by Gasteiger charge is -2.42. The standard InChI is InChI=1S/C18H27NO/c1-18(20,13-15-7-3-2-4-8-15)19-12-11-16-9-5-6-10-17(16)14-19/h5-6,9-10,15,20H,2-4,7-8,11-14H2,1H3/t18-/m0/s1. The molecule has 1 aliphatic carbocycles. The monoisotopic (exact) mass is 273 g/mol. The van der Waals surface area contributed by atoms with E-state index in [1.54, 1.807) is 0 Å². The molecule has 2 aliphatic rings. The van der Waals surface area contributed by atoms with Crippen molar-refractivity contribution in [2.24, 2.45) is 5.92 Å². The predicted octanol–water partition coefficient (Wildman–Crippen LogP) is 3.72. The molecule has 20 heavy (non-hydrogen) atoms. The van der Waals surface area contributed by atoms with Crippen molar-refractivity contribution in [1.82, 2.24) is 4.90 Å². The van der Waals surface area contributed by atoms with Gasteiger partial charge in [-0.1, -0.05) is 56.4 Å². The molecular weight excluding hydrogens is 246 g/mol. The summed E-state index contributed by atoms with van der Waals surface area (Å²) in [5, 5.41) is 10.9. The van der Waals surface area contributed by atoms with Crippen LogP contribution in [-0.2, 0) is 13.0 Å². The highest BCUT2D eigenvalue weighted by atomic mass is 16.3. The zero-order valence-electron chi connectivity index (χ0n) is 12.6. The molecule has 1 heterocycles. The van der Waals surface area contributed by atoms with E-state index >= 15 is 0 Å². The predicted molar refractivity (Wildman–Crippen MR) is 82.4 cm³/mol. The van der Waals surface area contributed by atoms with Crippen molar-refractivity contribution in [2.75, 3.05) is 6.54 Å². The quantitative estimate of drug-likeness (QED) is 0.907. The summed E-state index contributed by atoms with van der Waals surface area (Å²) in [6.45, 7) is 3.90. The van der Waals surface area contributed by atoms with Gasteiger partial charge in [-0.25, -0.2) is 0 Å². The van der Waals surface area contributed by atoms with Crippen LogP contribution < -0.4 is 0 Å². The maximum Gasteiger partial charge on any atom is 0.116 e. The van der Waals surface area contributed by atoms with Crippen LogP contribution in [0.3, 0.4) is 0 Å². The van der Waals surface area contributed by atoms with Gasteiger partial charge in [0.1, 0.15) is 5.72 Å². The summed E-state index contributed by atoms with van der Waals surface area (Å²) in [6.07, 6.45) is 8.70. The molecule has 0 amide bonds. The fourth-order valence-electron chi connectivity index (χ4n) is 3.97. The van der Waals surface area contributed by atoms with Crippen molar-refractivity contribution >= 4 is 0 Å². The normalized spacial score (nSPS) is 24.1. The molecule has 1 aromatic carbocycles. The van der Waals surface area contributed by atoms with Crippen LogP contribution in [0, 0.1) is 5.92 Å². The third-order valence-electron chi connectivity index (χ3n) is 5.21. The molecule has 1 fully saturated rings. The van der Waals surface area contributed by atoms with Crippen LogP contribution in [0.1, 0.15) is 56.6 Å². The third kappa shape index (κ3) is 3.07. The Labute approximate surface area is 122 Å². The summed E-state index contributed by atoms with van der Waals surface area (Å²) in [4.78, 5) is 2.28. The van der Waals surface area contributed by atoms with Crippen LogP contribution in [0.25, 0.3) is 0 Å². The van der Waals surface area contributed by atoms with Gasteiger partial charge in [0.2, 0.25) is 0 Å². The van der Waals surface area contributed by atoms with Gasteiger partial charge in [-0.15, -0.1) is 0 Å². The fraction of sp³-hybridized carbons (Fsp3) is 0.667. The molecule has 2 nitrogen and oxygen atoms in total. The molecule has 0 bridgehead atoms. The van der Waals surface area contributed by atoms with Crippen LogP contribution in [-0.4, -0.2) is 22.3 Å². The van der Waals surface area contributed by atoms with E-state index in [0.29, 0.717) is 0 Å². The second-order valence-corrected chi connectivity index (χ2v) is 6.87. The molecule has 2 heteroatoms. The zero-order valence-corrected chi connectivity index (χ0v) is 12.6. The van der Waals surface area contributed by atoms with Crippen molar-refractivity contribution in [2.45, 2.75) is 64.1 Å². The number of rotatable bonds is 3. The number of benzene rings is 1. The molecule has 0 radical (unpaired) electrons. The lowest BCUT2D eigenvalue weighted by molar-refractivity contribution is -0.118. The molecule has 110 valence electrons. The minimum atomic E-state index is -0.643. The Morgan fingerprint density at radius 1 is 1.15 bits per heavy atom. The Kier molecular flexibility index (Phi) is 4.13. The smallest absolute Gasteiger partial charge is 0.116 e. The molecular formula is C18H27NO. The molecule has 3 rings (SSSR count). The first-order valence-electron chi connectivity index (χ1n) is 8.19. The van der Waals surface area contributed by atoms with Crippen LogP contribution in [0.5, 0.6) is 0 Å². The summed E-state index contributed by atoms with van der Waals surface area (Å²) in [7, 11) is 0. The Balaban J connectivity index is 1.66. The first-order valence-corrected chi connectivity index (χ1v) is 8.19. The van der Waals surface area contributed by atoms with Crippen molar-refractivity contribution < 1.29 is 5.11 Å². The Morgan fingerprint density at radius 3 is 2.60 bits per heavy atom. The zero-order chi connectivity index (χ0) is 14.0.